The standard InChI is InChI=1S/C15H23N/c1-4-13-6-5-7-14-8-9-16(10-12(2)3)11-15(13)14/h5-7,12H,4,8-11H2,1-3H3. The van der Waals surface area contributed by atoms with Crippen LogP contribution in [0.5, 0.6) is 0 Å². The maximum absolute atomic E-state index is 2.60. The van der Waals surface area contributed by atoms with Gasteiger partial charge in [0.15, 0.2) is 0 Å². The average Bonchev–Trinajstić information content (AvgIpc) is 2.27. The van der Waals surface area contributed by atoms with Crippen molar-refractivity contribution in [1.82, 2.24) is 4.90 Å². The molecule has 1 heteroatoms. The third kappa shape index (κ3) is 2.46. The predicted octanol–water partition coefficient (Wildman–Crippen LogP) is 3.26. The van der Waals surface area contributed by atoms with Crippen LogP contribution in [0.2, 0.25) is 0 Å². The van der Waals surface area contributed by atoms with Crippen molar-refractivity contribution in [3.8, 4) is 0 Å². The van der Waals surface area contributed by atoms with Gasteiger partial charge in [-0.2, -0.15) is 0 Å². The van der Waals surface area contributed by atoms with E-state index in [-0.39, 0.29) is 0 Å². The second-order valence-electron chi connectivity index (χ2n) is 5.29. The minimum absolute atomic E-state index is 0.773. The fourth-order valence-corrected chi connectivity index (χ4v) is 2.71. The molecule has 0 aliphatic carbocycles. The number of benzene rings is 1. The van der Waals surface area contributed by atoms with Crippen LogP contribution in [0.15, 0.2) is 18.2 Å². The van der Waals surface area contributed by atoms with E-state index < -0.39 is 0 Å². The Bertz CT molecular complexity index is 340. The average molecular weight is 217 g/mol. The molecule has 2 rings (SSSR count). The van der Waals surface area contributed by atoms with Crippen molar-refractivity contribution in [2.75, 3.05) is 13.1 Å². The van der Waals surface area contributed by atoms with Crippen LogP contribution < -0.4 is 0 Å². The lowest BCUT2D eigenvalue weighted by molar-refractivity contribution is 0.226. The van der Waals surface area contributed by atoms with Gasteiger partial charge in [0, 0.05) is 19.6 Å². The molecule has 0 fully saturated rings. The molecule has 16 heavy (non-hydrogen) atoms. The SMILES string of the molecule is CCc1cccc2c1CN(CC(C)C)CC2. The van der Waals surface area contributed by atoms with Crippen molar-refractivity contribution in [2.45, 2.75) is 40.2 Å². The van der Waals surface area contributed by atoms with Gasteiger partial charge in [-0.05, 0) is 35.4 Å². The van der Waals surface area contributed by atoms with E-state index in [0.717, 1.165) is 12.5 Å². The zero-order valence-corrected chi connectivity index (χ0v) is 10.8. The Morgan fingerprint density at radius 1 is 1.31 bits per heavy atom. The fraction of sp³-hybridized carbons (Fsp3) is 0.600. The summed E-state index contributed by atoms with van der Waals surface area (Å²) in [7, 11) is 0. The maximum atomic E-state index is 2.60. The number of fused-ring (bicyclic) bond motifs is 1. The largest absolute Gasteiger partial charge is 0.298 e. The van der Waals surface area contributed by atoms with Gasteiger partial charge in [0.25, 0.3) is 0 Å². The van der Waals surface area contributed by atoms with Crippen LogP contribution in [0.4, 0.5) is 0 Å². The normalized spacial score (nSPS) is 16.5. The summed E-state index contributed by atoms with van der Waals surface area (Å²) in [6, 6.07) is 6.81. The zero-order valence-electron chi connectivity index (χ0n) is 10.8. The summed E-state index contributed by atoms with van der Waals surface area (Å²) < 4.78 is 0. The molecule has 0 spiro atoms. The first-order valence-corrected chi connectivity index (χ1v) is 6.52. The predicted molar refractivity (Wildman–Crippen MR) is 69.6 cm³/mol. The van der Waals surface area contributed by atoms with Gasteiger partial charge in [0.2, 0.25) is 0 Å². The van der Waals surface area contributed by atoms with Gasteiger partial charge in [0.05, 0.1) is 0 Å². The highest BCUT2D eigenvalue weighted by Crippen LogP contribution is 2.23. The van der Waals surface area contributed by atoms with Crippen LogP contribution in [0.25, 0.3) is 0 Å². The molecule has 1 heterocycles. The maximum Gasteiger partial charge on any atom is 0.0239 e. The smallest absolute Gasteiger partial charge is 0.0239 e. The highest BCUT2D eigenvalue weighted by molar-refractivity contribution is 5.36. The molecule has 0 N–H and O–H groups in total. The van der Waals surface area contributed by atoms with E-state index in [1.165, 1.54) is 25.9 Å². The van der Waals surface area contributed by atoms with Crippen molar-refractivity contribution in [2.24, 2.45) is 5.92 Å². The van der Waals surface area contributed by atoms with E-state index in [9.17, 15) is 0 Å². The Labute approximate surface area is 99.5 Å². The number of rotatable bonds is 3. The van der Waals surface area contributed by atoms with E-state index >= 15 is 0 Å². The Morgan fingerprint density at radius 2 is 2.12 bits per heavy atom. The molecule has 88 valence electrons. The molecule has 0 aromatic heterocycles. The molecule has 1 aromatic rings. The lowest BCUT2D eigenvalue weighted by Crippen LogP contribution is -2.33. The van der Waals surface area contributed by atoms with Crippen LogP contribution in [0.3, 0.4) is 0 Å². The molecule has 1 nitrogen and oxygen atoms in total. The molecule has 0 saturated carbocycles. The molecule has 0 radical (unpaired) electrons. The minimum Gasteiger partial charge on any atom is -0.298 e. The van der Waals surface area contributed by atoms with E-state index in [1.54, 1.807) is 16.7 Å². The lowest BCUT2D eigenvalue weighted by Gasteiger charge is -2.31. The topological polar surface area (TPSA) is 3.24 Å². The third-order valence-corrected chi connectivity index (χ3v) is 3.45. The third-order valence-electron chi connectivity index (χ3n) is 3.45. The van der Waals surface area contributed by atoms with Crippen molar-refractivity contribution in [3.05, 3.63) is 34.9 Å². The van der Waals surface area contributed by atoms with Gasteiger partial charge in [-0.1, -0.05) is 39.0 Å². The minimum atomic E-state index is 0.773. The van der Waals surface area contributed by atoms with Gasteiger partial charge >= 0.3 is 0 Å². The number of nitrogens with zero attached hydrogens (tertiary/aromatic N) is 1. The molecule has 0 atom stereocenters. The summed E-state index contributed by atoms with van der Waals surface area (Å²) in [6.07, 6.45) is 2.40. The highest BCUT2D eigenvalue weighted by Gasteiger charge is 2.18. The van der Waals surface area contributed by atoms with Crippen LogP contribution in [-0.2, 0) is 19.4 Å². The Morgan fingerprint density at radius 3 is 2.81 bits per heavy atom. The summed E-state index contributed by atoms with van der Waals surface area (Å²) in [4.78, 5) is 2.60. The molecule has 1 aliphatic rings. The Balaban J connectivity index is 2.18. The van der Waals surface area contributed by atoms with Gasteiger partial charge in [0.1, 0.15) is 0 Å². The summed E-state index contributed by atoms with van der Waals surface area (Å²) in [5.74, 6) is 0.773. The first kappa shape index (κ1) is 11.7. The molecule has 1 aromatic carbocycles. The van der Waals surface area contributed by atoms with E-state index in [1.807, 2.05) is 0 Å². The van der Waals surface area contributed by atoms with Crippen LogP contribution in [-0.4, -0.2) is 18.0 Å². The fourth-order valence-electron chi connectivity index (χ4n) is 2.71. The van der Waals surface area contributed by atoms with Gasteiger partial charge < -0.3 is 0 Å². The summed E-state index contributed by atoms with van der Waals surface area (Å²) in [5, 5.41) is 0. The van der Waals surface area contributed by atoms with Crippen molar-refractivity contribution >= 4 is 0 Å². The summed E-state index contributed by atoms with van der Waals surface area (Å²) in [6.45, 7) is 10.5. The van der Waals surface area contributed by atoms with Crippen molar-refractivity contribution in [3.63, 3.8) is 0 Å². The van der Waals surface area contributed by atoms with Gasteiger partial charge in [-0.25, -0.2) is 0 Å². The molecular weight excluding hydrogens is 194 g/mol. The second-order valence-corrected chi connectivity index (χ2v) is 5.29. The molecule has 1 aliphatic heterocycles. The zero-order chi connectivity index (χ0) is 11.5. The highest BCUT2D eigenvalue weighted by atomic mass is 15.1. The van der Waals surface area contributed by atoms with E-state index in [2.05, 4.69) is 43.9 Å². The molecule has 0 amide bonds. The van der Waals surface area contributed by atoms with Crippen LogP contribution in [0, 0.1) is 5.92 Å². The molecule has 0 bridgehead atoms. The van der Waals surface area contributed by atoms with E-state index in [4.69, 9.17) is 0 Å². The molecular formula is C15H23N. The summed E-state index contributed by atoms with van der Waals surface area (Å²) in [5.41, 5.74) is 4.74. The monoisotopic (exact) mass is 217 g/mol. The first-order valence-electron chi connectivity index (χ1n) is 6.52. The Kier molecular flexibility index (Phi) is 3.65. The van der Waals surface area contributed by atoms with Crippen LogP contribution >= 0.6 is 0 Å². The molecule has 0 saturated heterocycles. The summed E-state index contributed by atoms with van der Waals surface area (Å²) >= 11 is 0. The lowest BCUT2D eigenvalue weighted by atomic mass is 9.93. The van der Waals surface area contributed by atoms with Gasteiger partial charge in [-0.15, -0.1) is 0 Å². The van der Waals surface area contributed by atoms with Crippen molar-refractivity contribution < 1.29 is 0 Å². The van der Waals surface area contributed by atoms with E-state index in [0.29, 0.717) is 0 Å². The number of hydrogen-bond acceptors (Lipinski definition) is 1. The van der Waals surface area contributed by atoms with Crippen molar-refractivity contribution in [1.29, 1.82) is 0 Å². The molecule has 0 unspecified atom stereocenters. The van der Waals surface area contributed by atoms with Crippen LogP contribution in [0.1, 0.15) is 37.5 Å². The number of hydrogen-bond donors (Lipinski definition) is 0. The first-order chi connectivity index (χ1) is 7.70. The second kappa shape index (κ2) is 5.01. The number of aryl methyl sites for hydroxylation is 1. The quantitative estimate of drug-likeness (QED) is 0.751. The van der Waals surface area contributed by atoms with Gasteiger partial charge in [-0.3, -0.25) is 4.90 Å². The Hall–Kier alpha value is -0.820.